The number of hydrogen-bond donors (Lipinski definition) is 2. The van der Waals surface area contributed by atoms with Crippen molar-refractivity contribution in [1.29, 1.82) is 0 Å². The summed E-state index contributed by atoms with van der Waals surface area (Å²) in [7, 11) is 0. The van der Waals surface area contributed by atoms with Crippen molar-refractivity contribution in [2.75, 3.05) is 0 Å². The summed E-state index contributed by atoms with van der Waals surface area (Å²) in [6, 6.07) is 23.0. The standard InChI is InChI=1S/C29H22ClF4N3/c30-23-9-10-27(36-18-23)28(16-19-5-2-1-3-6-19,21-13-22(29(32,33)34)15-24(31)14-21)37-17-20-7-4-8-26-25(20)11-12-35-26/h1-15,18,35,37H,16-17H2. The molecule has 5 rings (SSSR count). The van der Waals surface area contributed by atoms with Crippen molar-refractivity contribution in [2.45, 2.75) is 24.7 Å². The number of halogens is 5. The van der Waals surface area contributed by atoms with Gasteiger partial charge in [0.2, 0.25) is 0 Å². The van der Waals surface area contributed by atoms with Crippen molar-refractivity contribution < 1.29 is 17.6 Å². The zero-order chi connectivity index (χ0) is 26.0. The molecule has 2 N–H and O–H groups in total. The van der Waals surface area contributed by atoms with Crippen molar-refractivity contribution in [3.8, 4) is 0 Å². The second-order valence-corrected chi connectivity index (χ2v) is 9.30. The van der Waals surface area contributed by atoms with Gasteiger partial charge in [0.05, 0.1) is 21.8 Å². The Hall–Kier alpha value is -3.68. The fourth-order valence-corrected chi connectivity index (χ4v) is 4.79. The van der Waals surface area contributed by atoms with Crippen molar-refractivity contribution in [3.63, 3.8) is 0 Å². The molecule has 37 heavy (non-hydrogen) atoms. The average Bonchev–Trinajstić information content (AvgIpc) is 3.36. The van der Waals surface area contributed by atoms with Crippen molar-refractivity contribution >= 4 is 22.5 Å². The summed E-state index contributed by atoms with van der Waals surface area (Å²) in [5.74, 6) is -0.981. The van der Waals surface area contributed by atoms with E-state index >= 15 is 0 Å². The van der Waals surface area contributed by atoms with Gasteiger partial charge in [-0.05, 0) is 59.2 Å². The molecule has 0 saturated heterocycles. The van der Waals surface area contributed by atoms with Gasteiger partial charge in [-0.25, -0.2) is 4.39 Å². The second-order valence-electron chi connectivity index (χ2n) is 8.87. The molecule has 3 aromatic carbocycles. The van der Waals surface area contributed by atoms with Crippen LogP contribution < -0.4 is 5.32 Å². The maximum atomic E-state index is 14.8. The van der Waals surface area contributed by atoms with Crippen LogP contribution in [0.15, 0.2) is 97.3 Å². The highest BCUT2D eigenvalue weighted by Crippen LogP contribution is 2.38. The molecule has 0 saturated carbocycles. The SMILES string of the molecule is Fc1cc(C(F)(F)F)cc(C(Cc2ccccc2)(NCc2cccc3[nH]ccc23)c2ccc(Cl)cn2)c1. The van der Waals surface area contributed by atoms with Crippen LogP contribution in [0.5, 0.6) is 0 Å². The Kier molecular flexibility index (Phi) is 6.75. The number of H-pyrrole nitrogens is 1. The maximum Gasteiger partial charge on any atom is 0.416 e. The number of rotatable bonds is 7. The molecule has 0 aliphatic heterocycles. The zero-order valence-electron chi connectivity index (χ0n) is 19.5. The fourth-order valence-electron chi connectivity index (χ4n) is 4.68. The number of benzene rings is 3. The van der Waals surface area contributed by atoms with E-state index in [2.05, 4.69) is 15.3 Å². The summed E-state index contributed by atoms with van der Waals surface area (Å²) in [5, 5.41) is 4.84. The van der Waals surface area contributed by atoms with E-state index in [0.29, 0.717) is 16.8 Å². The largest absolute Gasteiger partial charge is 0.416 e. The highest BCUT2D eigenvalue weighted by molar-refractivity contribution is 6.30. The molecule has 188 valence electrons. The number of alkyl halides is 3. The van der Waals surface area contributed by atoms with E-state index in [1.807, 2.05) is 60.8 Å². The molecule has 3 nitrogen and oxygen atoms in total. The third-order valence-electron chi connectivity index (χ3n) is 6.46. The summed E-state index contributed by atoms with van der Waals surface area (Å²) in [4.78, 5) is 7.67. The quantitative estimate of drug-likeness (QED) is 0.215. The van der Waals surface area contributed by atoms with Crippen molar-refractivity contribution in [2.24, 2.45) is 0 Å². The molecule has 0 bridgehead atoms. The molecule has 2 aromatic heterocycles. The van der Waals surface area contributed by atoms with Gasteiger partial charge in [-0.15, -0.1) is 0 Å². The summed E-state index contributed by atoms with van der Waals surface area (Å²) in [5.41, 5.74) is 0.848. The van der Waals surface area contributed by atoms with Crippen LogP contribution in [-0.2, 0) is 24.7 Å². The second kappa shape index (κ2) is 10.00. The van der Waals surface area contributed by atoms with Crippen molar-refractivity contribution in [1.82, 2.24) is 15.3 Å². The van der Waals surface area contributed by atoms with Gasteiger partial charge in [-0.3, -0.25) is 10.3 Å². The first-order valence-corrected chi connectivity index (χ1v) is 12.0. The molecule has 1 atom stereocenters. The molecule has 0 radical (unpaired) electrons. The van der Waals surface area contributed by atoms with Crippen LogP contribution in [0.4, 0.5) is 17.6 Å². The Bertz CT molecular complexity index is 1510. The lowest BCUT2D eigenvalue weighted by Gasteiger charge is -2.36. The Morgan fingerprint density at radius 3 is 2.38 bits per heavy atom. The smallest absolute Gasteiger partial charge is 0.361 e. The lowest BCUT2D eigenvalue weighted by molar-refractivity contribution is -0.137. The molecule has 0 amide bonds. The third kappa shape index (κ3) is 5.24. The molecule has 5 aromatic rings. The number of aromatic amines is 1. The minimum atomic E-state index is -4.72. The van der Waals surface area contributed by atoms with Crippen LogP contribution in [0.3, 0.4) is 0 Å². The van der Waals surface area contributed by atoms with Crippen LogP contribution in [0.25, 0.3) is 10.9 Å². The van der Waals surface area contributed by atoms with Crippen LogP contribution >= 0.6 is 11.6 Å². The molecular formula is C29H22ClF4N3. The molecule has 0 aliphatic carbocycles. The number of fused-ring (bicyclic) bond motifs is 1. The van der Waals surface area contributed by atoms with Gasteiger partial charge in [0.15, 0.2) is 0 Å². The van der Waals surface area contributed by atoms with E-state index in [1.54, 1.807) is 12.1 Å². The van der Waals surface area contributed by atoms with Crippen LogP contribution in [-0.4, -0.2) is 9.97 Å². The first-order chi connectivity index (χ1) is 17.7. The van der Waals surface area contributed by atoms with Gasteiger partial charge < -0.3 is 4.98 Å². The van der Waals surface area contributed by atoms with E-state index < -0.39 is 23.1 Å². The van der Waals surface area contributed by atoms with Gasteiger partial charge in [-0.2, -0.15) is 13.2 Å². The number of hydrogen-bond acceptors (Lipinski definition) is 2. The van der Waals surface area contributed by atoms with Gasteiger partial charge in [0.1, 0.15) is 5.82 Å². The van der Waals surface area contributed by atoms with E-state index in [-0.39, 0.29) is 18.5 Å². The summed E-state index contributed by atoms with van der Waals surface area (Å²) in [6.45, 7) is 0.282. The fraction of sp³-hybridized carbons (Fsp3) is 0.138. The minimum absolute atomic E-state index is 0.111. The maximum absolute atomic E-state index is 14.8. The lowest BCUT2D eigenvalue weighted by Crippen LogP contribution is -2.46. The number of pyridine rings is 1. The molecule has 8 heteroatoms. The van der Waals surface area contributed by atoms with E-state index in [0.717, 1.165) is 34.2 Å². The molecule has 0 fully saturated rings. The van der Waals surface area contributed by atoms with E-state index in [9.17, 15) is 17.6 Å². The summed E-state index contributed by atoms with van der Waals surface area (Å²) in [6.07, 6.45) is -1.24. The predicted octanol–water partition coefficient (Wildman–Crippen LogP) is 7.65. The Morgan fingerprint density at radius 1 is 0.865 bits per heavy atom. The van der Waals surface area contributed by atoms with E-state index in [1.165, 1.54) is 6.20 Å². The topological polar surface area (TPSA) is 40.7 Å². The normalized spacial score (nSPS) is 13.5. The first-order valence-electron chi connectivity index (χ1n) is 11.6. The van der Waals surface area contributed by atoms with Gasteiger partial charge in [0, 0.05) is 36.3 Å². The number of aromatic nitrogens is 2. The van der Waals surface area contributed by atoms with E-state index in [4.69, 9.17) is 11.6 Å². The van der Waals surface area contributed by atoms with Crippen LogP contribution in [0.1, 0.15) is 27.9 Å². The van der Waals surface area contributed by atoms with Gasteiger partial charge >= 0.3 is 6.18 Å². The highest BCUT2D eigenvalue weighted by atomic mass is 35.5. The third-order valence-corrected chi connectivity index (χ3v) is 6.68. The van der Waals surface area contributed by atoms with Gasteiger partial charge in [0.25, 0.3) is 0 Å². The minimum Gasteiger partial charge on any atom is -0.361 e. The lowest BCUT2D eigenvalue weighted by atomic mass is 9.79. The summed E-state index contributed by atoms with van der Waals surface area (Å²) < 4.78 is 56.1. The van der Waals surface area contributed by atoms with Gasteiger partial charge in [-0.1, -0.05) is 54.1 Å². The highest BCUT2D eigenvalue weighted by Gasteiger charge is 2.39. The number of nitrogens with one attached hydrogen (secondary N) is 2. The molecule has 0 spiro atoms. The van der Waals surface area contributed by atoms with Crippen LogP contribution in [0, 0.1) is 5.82 Å². The monoisotopic (exact) mass is 523 g/mol. The zero-order valence-corrected chi connectivity index (χ0v) is 20.2. The van der Waals surface area contributed by atoms with Crippen molar-refractivity contribution in [3.05, 3.63) is 136 Å². The summed E-state index contributed by atoms with van der Waals surface area (Å²) >= 11 is 6.11. The van der Waals surface area contributed by atoms with Crippen LogP contribution in [0.2, 0.25) is 5.02 Å². The Morgan fingerprint density at radius 2 is 1.65 bits per heavy atom. The molecular weight excluding hydrogens is 502 g/mol. The first kappa shape index (κ1) is 25.0. The molecule has 0 aliphatic rings. The number of nitrogens with zero attached hydrogens (tertiary/aromatic N) is 1. The Balaban J connectivity index is 1.71. The Labute approximate surface area is 216 Å². The molecule has 2 heterocycles. The predicted molar refractivity (Wildman–Crippen MR) is 137 cm³/mol. The average molecular weight is 524 g/mol. The molecule has 1 unspecified atom stereocenters.